The van der Waals surface area contributed by atoms with Crippen LogP contribution in [0.4, 0.5) is 0 Å². The van der Waals surface area contributed by atoms with Gasteiger partial charge in [0.25, 0.3) is 0 Å². The molecule has 0 radical (unpaired) electrons. The summed E-state index contributed by atoms with van der Waals surface area (Å²) in [6, 6.07) is 12.2. The molecule has 2 aromatic rings. The van der Waals surface area contributed by atoms with E-state index in [1.54, 1.807) is 6.26 Å². The third kappa shape index (κ3) is 3.45. The van der Waals surface area contributed by atoms with Gasteiger partial charge in [-0.2, -0.15) is 0 Å². The van der Waals surface area contributed by atoms with Crippen molar-refractivity contribution in [2.24, 2.45) is 11.7 Å². The molecule has 0 amide bonds. The van der Waals surface area contributed by atoms with Gasteiger partial charge in [-0.25, -0.2) is 0 Å². The van der Waals surface area contributed by atoms with E-state index < -0.39 is 0 Å². The predicted molar refractivity (Wildman–Crippen MR) is 72.8 cm³/mol. The largest absolute Gasteiger partial charge is 0.469 e. The molecule has 0 bridgehead atoms. The summed E-state index contributed by atoms with van der Waals surface area (Å²) in [5.74, 6) is 1.42. The first kappa shape index (κ1) is 12.4. The van der Waals surface area contributed by atoms with Gasteiger partial charge in [-0.05, 0) is 42.6 Å². The minimum absolute atomic E-state index is 0.417. The van der Waals surface area contributed by atoms with Crippen molar-refractivity contribution in [1.29, 1.82) is 0 Å². The smallest absolute Gasteiger partial charge is 0.104 e. The number of furan rings is 1. The maximum atomic E-state index is 5.83. The van der Waals surface area contributed by atoms with Crippen molar-refractivity contribution < 1.29 is 4.42 Å². The second-order valence-electron chi connectivity index (χ2n) is 4.18. The molecular weight excluding hydrogens is 278 g/mol. The average molecular weight is 294 g/mol. The molecule has 0 saturated heterocycles. The number of benzene rings is 1. The van der Waals surface area contributed by atoms with Crippen molar-refractivity contribution in [3.05, 3.63) is 58.5 Å². The Hall–Kier alpha value is -1.06. The van der Waals surface area contributed by atoms with Gasteiger partial charge in [0.15, 0.2) is 0 Å². The zero-order valence-electron chi connectivity index (χ0n) is 9.60. The molecule has 1 aromatic heterocycles. The highest BCUT2D eigenvalue weighted by molar-refractivity contribution is 9.10. The molecule has 3 heteroatoms. The monoisotopic (exact) mass is 293 g/mol. The van der Waals surface area contributed by atoms with Crippen LogP contribution in [-0.4, -0.2) is 6.54 Å². The highest BCUT2D eigenvalue weighted by Gasteiger charge is 2.12. The van der Waals surface area contributed by atoms with E-state index >= 15 is 0 Å². The van der Waals surface area contributed by atoms with E-state index in [1.807, 2.05) is 18.2 Å². The summed E-state index contributed by atoms with van der Waals surface area (Å²) in [4.78, 5) is 0. The number of rotatable bonds is 5. The van der Waals surface area contributed by atoms with Crippen molar-refractivity contribution >= 4 is 15.9 Å². The van der Waals surface area contributed by atoms with E-state index in [-0.39, 0.29) is 0 Å². The van der Waals surface area contributed by atoms with E-state index in [0.29, 0.717) is 12.5 Å². The molecule has 2 nitrogen and oxygen atoms in total. The van der Waals surface area contributed by atoms with Crippen LogP contribution in [0.2, 0.25) is 0 Å². The second-order valence-corrected chi connectivity index (χ2v) is 5.04. The summed E-state index contributed by atoms with van der Waals surface area (Å²) >= 11 is 3.57. The van der Waals surface area contributed by atoms with Gasteiger partial charge in [0.1, 0.15) is 5.76 Å². The van der Waals surface area contributed by atoms with Crippen LogP contribution in [0, 0.1) is 5.92 Å². The Bertz CT molecular complexity index is 453. The summed E-state index contributed by atoms with van der Waals surface area (Å²) in [6.07, 6.45) is 3.57. The van der Waals surface area contributed by atoms with Crippen LogP contribution in [0.1, 0.15) is 11.3 Å². The fourth-order valence-electron chi connectivity index (χ4n) is 1.93. The standard InChI is InChI=1S/C14H16BrNO/c15-14-6-2-1-4-12(14)8-11(10-16)9-13-5-3-7-17-13/h1-7,11H,8-10,16H2. The molecule has 0 spiro atoms. The fraction of sp³-hybridized carbons (Fsp3) is 0.286. The van der Waals surface area contributed by atoms with E-state index in [9.17, 15) is 0 Å². The summed E-state index contributed by atoms with van der Waals surface area (Å²) in [7, 11) is 0. The molecule has 1 aromatic carbocycles. The molecule has 0 fully saturated rings. The molecular formula is C14H16BrNO. The lowest BCUT2D eigenvalue weighted by atomic mass is 9.95. The summed E-state index contributed by atoms with van der Waals surface area (Å²) < 4.78 is 6.52. The summed E-state index contributed by atoms with van der Waals surface area (Å²) in [5, 5.41) is 0. The number of hydrogen-bond donors (Lipinski definition) is 1. The SMILES string of the molecule is NCC(Cc1ccco1)Cc1ccccc1Br. The van der Waals surface area contributed by atoms with Crippen molar-refractivity contribution in [3.63, 3.8) is 0 Å². The van der Waals surface area contributed by atoms with Crippen LogP contribution < -0.4 is 5.73 Å². The number of nitrogens with two attached hydrogens (primary N) is 1. The molecule has 1 heterocycles. The Morgan fingerprint density at radius 2 is 1.94 bits per heavy atom. The molecule has 0 aliphatic rings. The van der Waals surface area contributed by atoms with Crippen molar-refractivity contribution in [1.82, 2.24) is 0 Å². The van der Waals surface area contributed by atoms with Gasteiger partial charge in [0.2, 0.25) is 0 Å². The lowest BCUT2D eigenvalue weighted by molar-refractivity contribution is 0.440. The first-order valence-corrected chi connectivity index (χ1v) is 6.54. The normalized spacial score (nSPS) is 12.6. The second kappa shape index (κ2) is 6.03. The van der Waals surface area contributed by atoms with Gasteiger partial charge in [-0.3, -0.25) is 0 Å². The molecule has 90 valence electrons. The molecule has 17 heavy (non-hydrogen) atoms. The average Bonchev–Trinajstić information content (AvgIpc) is 2.84. The summed E-state index contributed by atoms with van der Waals surface area (Å²) in [6.45, 7) is 0.669. The first-order valence-electron chi connectivity index (χ1n) is 5.75. The van der Waals surface area contributed by atoms with Gasteiger partial charge in [-0.15, -0.1) is 0 Å². The lowest BCUT2D eigenvalue weighted by Gasteiger charge is -2.14. The maximum absolute atomic E-state index is 5.83. The first-order chi connectivity index (χ1) is 8.29. The molecule has 0 saturated carbocycles. The van der Waals surface area contributed by atoms with E-state index in [2.05, 4.69) is 34.1 Å². The van der Waals surface area contributed by atoms with Crippen molar-refractivity contribution in [2.45, 2.75) is 12.8 Å². The van der Waals surface area contributed by atoms with Gasteiger partial charge in [-0.1, -0.05) is 34.1 Å². The quantitative estimate of drug-likeness (QED) is 0.918. The van der Waals surface area contributed by atoms with Gasteiger partial charge in [0, 0.05) is 10.9 Å². The third-order valence-electron chi connectivity index (χ3n) is 2.87. The molecule has 1 atom stereocenters. The Balaban J connectivity index is 2.03. The molecule has 0 aliphatic heterocycles. The van der Waals surface area contributed by atoms with E-state index in [4.69, 9.17) is 10.2 Å². The van der Waals surface area contributed by atoms with Crippen molar-refractivity contribution in [3.8, 4) is 0 Å². The zero-order valence-corrected chi connectivity index (χ0v) is 11.2. The Morgan fingerprint density at radius 3 is 2.59 bits per heavy atom. The van der Waals surface area contributed by atoms with Crippen LogP contribution in [0.5, 0.6) is 0 Å². The van der Waals surface area contributed by atoms with Gasteiger partial charge in [0.05, 0.1) is 6.26 Å². The third-order valence-corrected chi connectivity index (χ3v) is 3.64. The number of halogens is 1. The van der Waals surface area contributed by atoms with Crippen LogP contribution in [0.25, 0.3) is 0 Å². The fourth-order valence-corrected chi connectivity index (χ4v) is 2.37. The topological polar surface area (TPSA) is 39.2 Å². The zero-order chi connectivity index (χ0) is 12.1. The van der Waals surface area contributed by atoms with Gasteiger partial charge >= 0.3 is 0 Å². The van der Waals surface area contributed by atoms with Gasteiger partial charge < -0.3 is 10.2 Å². The molecule has 2 N–H and O–H groups in total. The predicted octanol–water partition coefficient (Wildman–Crippen LogP) is 3.40. The highest BCUT2D eigenvalue weighted by atomic mass is 79.9. The molecule has 2 rings (SSSR count). The van der Waals surface area contributed by atoms with E-state index in [1.165, 1.54) is 5.56 Å². The van der Waals surface area contributed by atoms with Crippen LogP contribution in [0.3, 0.4) is 0 Å². The van der Waals surface area contributed by atoms with E-state index in [0.717, 1.165) is 23.1 Å². The van der Waals surface area contributed by atoms with Crippen LogP contribution in [0.15, 0.2) is 51.6 Å². The highest BCUT2D eigenvalue weighted by Crippen LogP contribution is 2.21. The van der Waals surface area contributed by atoms with Crippen LogP contribution in [-0.2, 0) is 12.8 Å². The molecule has 0 aliphatic carbocycles. The number of hydrogen-bond acceptors (Lipinski definition) is 2. The lowest BCUT2D eigenvalue weighted by Crippen LogP contribution is -2.19. The maximum Gasteiger partial charge on any atom is 0.104 e. The summed E-state index contributed by atoms with van der Waals surface area (Å²) in [5.41, 5.74) is 7.13. The Kier molecular flexibility index (Phi) is 4.40. The van der Waals surface area contributed by atoms with Crippen LogP contribution >= 0.6 is 15.9 Å². The minimum atomic E-state index is 0.417. The van der Waals surface area contributed by atoms with Crippen molar-refractivity contribution in [2.75, 3.05) is 6.54 Å². The Morgan fingerprint density at radius 1 is 1.12 bits per heavy atom. The molecule has 1 unspecified atom stereocenters. The Labute approximate surface area is 110 Å². The minimum Gasteiger partial charge on any atom is -0.469 e.